The monoisotopic (exact) mass is 241 g/mol. The molecule has 1 rings (SSSR count). The number of halogens is 1. The quantitative estimate of drug-likeness (QED) is 0.853. The molecular weight excluding hydrogens is 222 g/mol. The fourth-order valence-corrected chi connectivity index (χ4v) is 1.53. The van der Waals surface area contributed by atoms with Crippen LogP contribution >= 0.6 is 11.6 Å². The van der Waals surface area contributed by atoms with E-state index in [2.05, 4.69) is 26.1 Å². The lowest BCUT2D eigenvalue weighted by Gasteiger charge is -2.23. The lowest BCUT2D eigenvalue weighted by atomic mass is 10.0. The Labute approximate surface area is 103 Å². The summed E-state index contributed by atoms with van der Waals surface area (Å²) in [4.78, 5) is 0. The van der Waals surface area contributed by atoms with Gasteiger partial charge in [0.2, 0.25) is 0 Å². The highest BCUT2D eigenvalue weighted by Crippen LogP contribution is 2.21. The molecular formula is C13H20ClNO. The van der Waals surface area contributed by atoms with E-state index in [-0.39, 0.29) is 5.54 Å². The Morgan fingerprint density at radius 1 is 1.38 bits per heavy atom. The summed E-state index contributed by atoms with van der Waals surface area (Å²) in [5, 5.41) is 13.9. The van der Waals surface area contributed by atoms with Gasteiger partial charge in [-0.15, -0.1) is 0 Å². The van der Waals surface area contributed by atoms with Crippen LogP contribution in [0.2, 0.25) is 5.02 Å². The van der Waals surface area contributed by atoms with Crippen LogP contribution in [0.5, 0.6) is 0 Å². The number of β-amino-alcohol motifs (C(OH)–C–C–N with tert-alkyl or cyclic N) is 1. The maximum Gasteiger partial charge on any atom is 0.0915 e. The van der Waals surface area contributed by atoms with Crippen molar-refractivity contribution in [2.24, 2.45) is 0 Å². The van der Waals surface area contributed by atoms with Crippen LogP contribution in [0.15, 0.2) is 18.2 Å². The molecule has 0 aliphatic carbocycles. The Bertz CT molecular complexity index is 357. The molecule has 0 spiro atoms. The molecule has 0 radical (unpaired) electrons. The zero-order chi connectivity index (χ0) is 12.3. The van der Waals surface area contributed by atoms with Gasteiger partial charge in [-0.1, -0.05) is 23.7 Å². The second-order valence-corrected chi connectivity index (χ2v) is 5.56. The van der Waals surface area contributed by atoms with E-state index in [1.807, 2.05) is 25.1 Å². The van der Waals surface area contributed by atoms with Gasteiger partial charge in [0.1, 0.15) is 0 Å². The first-order valence-electron chi connectivity index (χ1n) is 5.49. The van der Waals surface area contributed by atoms with Crippen LogP contribution in [0.25, 0.3) is 0 Å². The molecule has 3 heteroatoms. The van der Waals surface area contributed by atoms with Crippen LogP contribution in [0.4, 0.5) is 0 Å². The fourth-order valence-electron chi connectivity index (χ4n) is 1.34. The molecule has 1 atom stereocenters. The van der Waals surface area contributed by atoms with Crippen molar-refractivity contribution in [1.29, 1.82) is 0 Å². The summed E-state index contributed by atoms with van der Waals surface area (Å²) in [7, 11) is 0. The van der Waals surface area contributed by atoms with E-state index in [1.165, 1.54) is 0 Å². The Kier molecular flexibility index (Phi) is 4.36. The van der Waals surface area contributed by atoms with Gasteiger partial charge in [-0.3, -0.25) is 0 Å². The molecule has 0 heterocycles. The van der Waals surface area contributed by atoms with Crippen molar-refractivity contribution < 1.29 is 5.11 Å². The van der Waals surface area contributed by atoms with Crippen molar-refractivity contribution in [2.45, 2.75) is 39.3 Å². The summed E-state index contributed by atoms with van der Waals surface area (Å²) in [6.45, 7) is 8.69. The van der Waals surface area contributed by atoms with E-state index in [0.29, 0.717) is 11.6 Å². The van der Waals surface area contributed by atoms with Gasteiger partial charge in [0, 0.05) is 17.1 Å². The summed E-state index contributed by atoms with van der Waals surface area (Å²) in [5.74, 6) is 0. The molecule has 0 amide bonds. The van der Waals surface area contributed by atoms with Gasteiger partial charge in [0.25, 0.3) is 0 Å². The second kappa shape index (κ2) is 5.17. The highest BCUT2D eigenvalue weighted by atomic mass is 35.5. The smallest absolute Gasteiger partial charge is 0.0915 e. The summed E-state index contributed by atoms with van der Waals surface area (Å²) in [6.07, 6.45) is -0.516. The van der Waals surface area contributed by atoms with Gasteiger partial charge in [-0.05, 0) is 44.9 Å². The largest absolute Gasteiger partial charge is 0.387 e. The number of aryl methyl sites for hydroxylation is 1. The van der Waals surface area contributed by atoms with Crippen molar-refractivity contribution in [3.8, 4) is 0 Å². The van der Waals surface area contributed by atoms with Crippen LogP contribution in [-0.4, -0.2) is 17.2 Å². The molecule has 1 aromatic carbocycles. The van der Waals surface area contributed by atoms with E-state index >= 15 is 0 Å². The molecule has 2 N–H and O–H groups in total. The summed E-state index contributed by atoms with van der Waals surface area (Å²) < 4.78 is 0. The van der Waals surface area contributed by atoms with E-state index < -0.39 is 6.10 Å². The third-order valence-corrected chi connectivity index (χ3v) is 2.81. The zero-order valence-electron chi connectivity index (χ0n) is 10.3. The molecule has 16 heavy (non-hydrogen) atoms. The first-order valence-corrected chi connectivity index (χ1v) is 5.86. The molecule has 0 aliphatic rings. The summed E-state index contributed by atoms with van der Waals surface area (Å²) in [6, 6.07) is 5.67. The Balaban J connectivity index is 2.66. The SMILES string of the molecule is Cc1ccc(C(O)CNC(C)(C)C)cc1Cl. The number of hydrogen-bond donors (Lipinski definition) is 2. The number of nitrogens with one attached hydrogen (secondary N) is 1. The number of aliphatic hydroxyl groups excluding tert-OH is 1. The van der Waals surface area contributed by atoms with E-state index in [9.17, 15) is 5.11 Å². The molecule has 90 valence electrons. The minimum absolute atomic E-state index is 0.00940. The number of hydrogen-bond acceptors (Lipinski definition) is 2. The average molecular weight is 242 g/mol. The Morgan fingerprint density at radius 3 is 2.50 bits per heavy atom. The first-order chi connectivity index (χ1) is 7.29. The molecule has 0 aliphatic heterocycles. The molecule has 1 aromatic rings. The van der Waals surface area contributed by atoms with Crippen LogP contribution in [-0.2, 0) is 0 Å². The number of benzene rings is 1. The number of rotatable bonds is 3. The number of aliphatic hydroxyl groups is 1. The van der Waals surface area contributed by atoms with Crippen LogP contribution in [0, 0.1) is 6.92 Å². The van der Waals surface area contributed by atoms with Crippen LogP contribution < -0.4 is 5.32 Å². The molecule has 0 saturated carbocycles. The van der Waals surface area contributed by atoms with Crippen molar-refractivity contribution in [2.75, 3.05) is 6.54 Å². The molecule has 0 aromatic heterocycles. The summed E-state index contributed by atoms with van der Waals surface area (Å²) >= 11 is 6.02. The molecule has 2 nitrogen and oxygen atoms in total. The van der Waals surface area contributed by atoms with Gasteiger partial charge in [0.05, 0.1) is 6.10 Å². The van der Waals surface area contributed by atoms with Crippen molar-refractivity contribution in [3.63, 3.8) is 0 Å². The van der Waals surface area contributed by atoms with Gasteiger partial charge in [0.15, 0.2) is 0 Å². The van der Waals surface area contributed by atoms with Gasteiger partial charge in [-0.2, -0.15) is 0 Å². The molecule has 0 saturated heterocycles. The third-order valence-electron chi connectivity index (χ3n) is 2.41. The predicted molar refractivity (Wildman–Crippen MR) is 68.9 cm³/mol. The summed E-state index contributed by atoms with van der Waals surface area (Å²) in [5.41, 5.74) is 1.89. The Morgan fingerprint density at radius 2 is 2.00 bits per heavy atom. The Hall–Kier alpha value is -0.570. The maximum absolute atomic E-state index is 9.98. The highest BCUT2D eigenvalue weighted by molar-refractivity contribution is 6.31. The first kappa shape index (κ1) is 13.5. The minimum Gasteiger partial charge on any atom is -0.387 e. The topological polar surface area (TPSA) is 32.3 Å². The van der Waals surface area contributed by atoms with Crippen LogP contribution in [0.1, 0.15) is 38.0 Å². The van der Waals surface area contributed by atoms with Gasteiger partial charge >= 0.3 is 0 Å². The van der Waals surface area contributed by atoms with E-state index in [0.717, 1.165) is 11.1 Å². The van der Waals surface area contributed by atoms with Crippen molar-refractivity contribution in [3.05, 3.63) is 34.3 Å². The standard InChI is InChI=1S/C13H20ClNO/c1-9-5-6-10(7-11(9)14)12(16)8-15-13(2,3)4/h5-7,12,15-16H,8H2,1-4H3. The third kappa shape index (κ3) is 4.12. The fraction of sp³-hybridized carbons (Fsp3) is 0.538. The van der Waals surface area contributed by atoms with Crippen molar-refractivity contribution >= 4 is 11.6 Å². The van der Waals surface area contributed by atoms with E-state index in [4.69, 9.17) is 11.6 Å². The van der Waals surface area contributed by atoms with Gasteiger partial charge < -0.3 is 10.4 Å². The molecule has 1 unspecified atom stereocenters. The van der Waals surface area contributed by atoms with Crippen molar-refractivity contribution in [1.82, 2.24) is 5.32 Å². The lowest BCUT2D eigenvalue weighted by Crippen LogP contribution is -2.38. The van der Waals surface area contributed by atoms with Crippen LogP contribution in [0.3, 0.4) is 0 Å². The van der Waals surface area contributed by atoms with E-state index in [1.54, 1.807) is 0 Å². The normalized spacial score (nSPS) is 13.9. The zero-order valence-corrected chi connectivity index (χ0v) is 11.1. The highest BCUT2D eigenvalue weighted by Gasteiger charge is 2.13. The lowest BCUT2D eigenvalue weighted by molar-refractivity contribution is 0.163. The second-order valence-electron chi connectivity index (χ2n) is 5.16. The molecule has 0 bridgehead atoms. The average Bonchev–Trinajstić information content (AvgIpc) is 2.17. The minimum atomic E-state index is -0.516. The predicted octanol–water partition coefficient (Wildman–Crippen LogP) is 3.07. The maximum atomic E-state index is 9.98. The molecule has 0 fully saturated rings. The van der Waals surface area contributed by atoms with Gasteiger partial charge in [-0.25, -0.2) is 0 Å².